The van der Waals surface area contributed by atoms with E-state index in [-0.39, 0.29) is 5.91 Å². The van der Waals surface area contributed by atoms with Crippen LogP contribution in [0.4, 0.5) is 0 Å². The van der Waals surface area contributed by atoms with Gasteiger partial charge < -0.3 is 10.2 Å². The lowest BCUT2D eigenvalue weighted by atomic mass is 10.0. The van der Waals surface area contributed by atoms with E-state index in [0.29, 0.717) is 12.5 Å². The van der Waals surface area contributed by atoms with E-state index in [0.717, 1.165) is 31.1 Å². The normalized spacial score (nSPS) is 23.4. The topological polar surface area (TPSA) is 32.3 Å². The number of nitrogens with zero attached hydrogens (tertiary/aromatic N) is 1. The number of rotatable bonds is 3. The van der Waals surface area contributed by atoms with Gasteiger partial charge in [0.15, 0.2) is 0 Å². The summed E-state index contributed by atoms with van der Waals surface area (Å²) in [6, 6.07) is 8.95. The van der Waals surface area contributed by atoms with E-state index < -0.39 is 0 Å². The van der Waals surface area contributed by atoms with Crippen molar-refractivity contribution in [2.24, 2.45) is 0 Å². The van der Waals surface area contributed by atoms with Crippen molar-refractivity contribution in [3.63, 3.8) is 0 Å². The zero-order valence-corrected chi connectivity index (χ0v) is 11.6. The first-order chi connectivity index (χ1) is 9.24. The van der Waals surface area contributed by atoms with Crippen LogP contribution < -0.4 is 5.32 Å². The molecule has 1 aromatic rings. The Kier molecular flexibility index (Phi) is 3.56. The number of piperazine rings is 1. The molecule has 2 aliphatic rings. The lowest BCUT2D eigenvalue weighted by Gasteiger charge is -2.34. The van der Waals surface area contributed by atoms with Gasteiger partial charge in [-0.05, 0) is 36.8 Å². The van der Waals surface area contributed by atoms with Gasteiger partial charge in [0, 0.05) is 25.7 Å². The molecule has 1 aliphatic heterocycles. The Morgan fingerprint density at radius 2 is 2.05 bits per heavy atom. The van der Waals surface area contributed by atoms with Crippen LogP contribution in [-0.4, -0.2) is 36.5 Å². The monoisotopic (exact) mass is 258 g/mol. The first kappa shape index (κ1) is 12.7. The molecule has 0 spiro atoms. The zero-order valence-electron chi connectivity index (χ0n) is 11.6. The van der Waals surface area contributed by atoms with Crippen LogP contribution in [0.1, 0.15) is 36.8 Å². The van der Waals surface area contributed by atoms with Gasteiger partial charge in [-0.15, -0.1) is 0 Å². The molecule has 3 rings (SSSR count). The van der Waals surface area contributed by atoms with E-state index in [9.17, 15) is 4.79 Å². The quantitative estimate of drug-likeness (QED) is 0.898. The van der Waals surface area contributed by atoms with E-state index in [4.69, 9.17) is 0 Å². The molecule has 1 aliphatic carbocycles. The SMILES string of the molecule is C[C@H]1CNCCN1C(=O)Cc1ccc(C2CC2)cc1. The number of carbonyl (C=O) groups is 1. The van der Waals surface area contributed by atoms with E-state index in [1.165, 1.54) is 18.4 Å². The van der Waals surface area contributed by atoms with Crippen LogP contribution in [-0.2, 0) is 11.2 Å². The molecule has 3 heteroatoms. The van der Waals surface area contributed by atoms with Crippen molar-refractivity contribution in [3.8, 4) is 0 Å². The van der Waals surface area contributed by atoms with Crippen molar-refractivity contribution in [3.05, 3.63) is 35.4 Å². The average Bonchev–Trinajstić information content (AvgIpc) is 3.24. The Morgan fingerprint density at radius 1 is 1.32 bits per heavy atom. The lowest BCUT2D eigenvalue weighted by molar-refractivity contribution is -0.133. The van der Waals surface area contributed by atoms with Crippen molar-refractivity contribution in [1.82, 2.24) is 10.2 Å². The summed E-state index contributed by atoms with van der Waals surface area (Å²) in [6.07, 6.45) is 3.20. The molecular formula is C16H22N2O. The molecule has 1 aromatic carbocycles. The molecule has 19 heavy (non-hydrogen) atoms. The summed E-state index contributed by atoms with van der Waals surface area (Å²) in [5.41, 5.74) is 2.58. The minimum Gasteiger partial charge on any atom is -0.337 e. The first-order valence-electron chi connectivity index (χ1n) is 7.33. The van der Waals surface area contributed by atoms with Gasteiger partial charge in [0.05, 0.1) is 6.42 Å². The Labute approximate surface area is 115 Å². The molecule has 2 fully saturated rings. The summed E-state index contributed by atoms with van der Waals surface area (Å²) in [7, 11) is 0. The van der Waals surface area contributed by atoms with Crippen LogP contribution in [0.5, 0.6) is 0 Å². The van der Waals surface area contributed by atoms with Crippen molar-refractivity contribution in [1.29, 1.82) is 0 Å². The summed E-state index contributed by atoms with van der Waals surface area (Å²) < 4.78 is 0. The van der Waals surface area contributed by atoms with Gasteiger partial charge in [-0.1, -0.05) is 24.3 Å². The van der Waals surface area contributed by atoms with Crippen molar-refractivity contribution in [2.75, 3.05) is 19.6 Å². The van der Waals surface area contributed by atoms with Crippen LogP contribution in [0.2, 0.25) is 0 Å². The van der Waals surface area contributed by atoms with Gasteiger partial charge in [-0.25, -0.2) is 0 Å². The highest BCUT2D eigenvalue weighted by molar-refractivity contribution is 5.79. The van der Waals surface area contributed by atoms with Crippen molar-refractivity contribution >= 4 is 5.91 Å². The largest absolute Gasteiger partial charge is 0.337 e. The second-order valence-corrected chi connectivity index (χ2v) is 5.83. The summed E-state index contributed by atoms with van der Waals surface area (Å²) >= 11 is 0. The third kappa shape index (κ3) is 2.98. The van der Waals surface area contributed by atoms with E-state index in [2.05, 4.69) is 36.5 Å². The standard InChI is InChI=1S/C16H22N2O/c1-12-11-17-8-9-18(12)16(19)10-13-2-4-14(5-3-13)15-6-7-15/h2-5,12,15,17H,6-11H2,1H3/t12-/m0/s1. The highest BCUT2D eigenvalue weighted by atomic mass is 16.2. The highest BCUT2D eigenvalue weighted by Crippen LogP contribution is 2.39. The van der Waals surface area contributed by atoms with Gasteiger partial charge in [0.1, 0.15) is 0 Å². The number of carbonyl (C=O) groups excluding carboxylic acids is 1. The number of nitrogens with one attached hydrogen (secondary N) is 1. The smallest absolute Gasteiger partial charge is 0.227 e. The molecule has 1 saturated heterocycles. The molecule has 0 radical (unpaired) electrons. The van der Waals surface area contributed by atoms with E-state index >= 15 is 0 Å². The molecule has 1 heterocycles. The van der Waals surface area contributed by atoms with Gasteiger partial charge in [0.25, 0.3) is 0 Å². The van der Waals surface area contributed by atoms with E-state index in [1.807, 2.05) is 4.90 Å². The Hall–Kier alpha value is -1.35. The lowest BCUT2D eigenvalue weighted by Crippen LogP contribution is -2.52. The molecule has 0 unspecified atom stereocenters. The Bertz CT molecular complexity index is 450. The van der Waals surface area contributed by atoms with Crippen LogP contribution in [0.15, 0.2) is 24.3 Å². The molecule has 1 saturated carbocycles. The fraction of sp³-hybridized carbons (Fsp3) is 0.562. The number of hydrogen-bond acceptors (Lipinski definition) is 2. The third-order valence-electron chi connectivity index (χ3n) is 4.21. The summed E-state index contributed by atoms with van der Waals surface area (Å²) in [4.78, 5) is 14.3. The van der Waals surface area contributed by atoms with Gasteiger partial charge in [-0.3, -0.25) is 4.79 Å². The van der Waals surface area contributed by atoms with Crippen molar-refractivity contribution < 1.29 is 4.79 Å². The molecule has 1 amide bonds. The number of amides is 1. The fourth-order valence-corrected chi connectivity index (χ4v) is 2.81. The average molecular weight is 258 g/mol. The van der Waals surface area contributed by atoms with Crippen molar-refractivity contribution in [2.45, 2.75) is 38.1 Å². The zero-order chi connectivity index (χ0) is 13.2. The Morgan fingerprint density at radius 3 is 2.68 bits per heavy atom. The van der Waals surface area contributed by atoms with Gasteiger partial charge >= 0.3 is 0 Å². The second-order valence-electron chi connectivity index (χ2n) is 5.83. The minimum atomic E-state index is 0.258. The molecule has 0 bridgehead atoms. The van der Waals surface area contributed by atoms with Gasteiger partial charge in [0.2, 0.25) is 5.91 Å². The predicted molar refractivity (Wildman–Crippen MR) is 76.2 cm³/mol. The minimum absolute atomic E-state index is 0.258. The molecule has 1 N–H and O–H groups in total. The molecule has 1 atom stereocenters. The van der Waals surface area contributed by atoms with Crippen LogP contribution in [0.3, 0.4) is 0 Å². The summed E-state index contributed by atoms with van der Waals surface area (Å²) in [5, 5.41) is 3.32. The number of benzene rings is 1. The predicted octanol–water partition coefficient (Wildman–Crippen LogP) is 1.93. The van der Waals surface area contributed by atoms with Gasteiger partial charge in [-0.2, -0.15) is 0 Å². The maximum atomic E-state index is 12.3. The summed E-state index contributed by atoms with van der Waals surface area (Å²) in [5.74, 6) is 1.05. The second kappa shape index (κ2) is 5.33. The number of hydrogen-bond donors (Lipinski definition) is 1. The summed E-state index contributed by atoms with van der Waals surface area (Å²) in [6.45, 7) is 4.77. The Balaban J connectivity index is 1.61. The maximum absolute atomic E-state index is 12.3. The fourth-order valence-electron chi connectivity index (χ4n) is 2.81. The van der Waals surface area contributed by atoms with E-state index in [1.54, 1.807) is 0 Å². The van der Waals surface area contributed by atoms with Crippen LogP contribution in [0, 0.1) is 0 Å². The molecule has 102 valence electrons. The third-order valence-corrected chi connectivity index (χ3v) is 4.21. The van der Waals surface area contributed by atoms with Crippen LogP contribution in [0.25, 0.3) is 0 Å². The van der Waals surface area contributed by atoms with Crippen LogP contribution >= 0.6 is 0 Å². The molecule has 3 nitrogen and oxygen atoms in total. The maximum Gasteiger partial charge on any atom is 0.227 e. The molecular weight excluding hydrogens is 236 g/mol. The highest BCUT2D eigenvalue weighted by Gasteiger charge is 2.24. The first-order valence-corrected chi connectivity index (χ1v) is 7.33. The molecule has 0 aromatic heterocycles.